The molecule has 104 valence electrons. The number of benzene rings is 2. The molecule has 0 heterocycles. The normalized spacial score (nSPS) is 10.3. The van der Waals surface area contributed by atoms with Crippen LogP contribution in [-0.2, 0) is 6.42 Å². The summed E-state index contributed by atoms with van der Waals surface area (Å²) in [6, 6.07) is 12.6. The Bertz CT molecular complexity index is 608. The van der Waals surface area contributed by atoms with E-state index in [1.54, 1.807) is 25.1 Å². The van der Waals surface area contributed by atoms with Crippen LogP contribution in [0.4, 0.5) is 5.69 Å². The molecule has 0 unspecified atom stereocenters. The molecule has 2 rings (SSSR count). The Morgan fingerprint density at radius 2 is 1.90 bits per heavy atom. The van der Waals surface area contributed by atoms with Gasteiger partial charge in [-0.2, -0.15) is 0 Å². The van der Waals surface area contributed by atoms with Crippen molar-refractivity contribution >= 4 is 23.2 Å². The first kappa shape index (κ1) is 14.4. The van der Waals surface area contributed by atoms with Gasteiger partial charge in [0.25, 0.3) is 5.91 Å². The molecule has 0 atom stereocenters. The molecule has 0 spiro atoms. The van der Waals surface area contributed by atoms with Crippen LogP contribution in [-0.4, -0.2) is 16.9 Å². The zero-order valence-corrected chi connectivity index (χ0v) is 11.9. The number of halogens is 1. The van der Waals surface area contributed by atoms with Crippen molar-refractivity contribution in [1.29, 1.82) is 0 Å². The molecule has 2 aromatic rings. The number of alkyl halides is 1. The number of hydrogen-bond donors (Lipinski definition) is 2. The molecule has 0 saturated carbocycles. The predicted octanol–water partition coefficient (Wildman–Crippen LogP) is 3.73. The summed E-state index contributed by atoms with van der Waals surface area (Å²) in [5.41, 5.74) is 2.76. The van der Waals surface area contributed by atoms with Gasteiger partial charge in [-0.3, -0.25) is 4.79 Å². The minimum absolute atomic E-state index is 0.0174. The summed E-state index contributed by atoms with van der Waals surface area (Å²) >= 11 is 5.67. The third-order valence-corrected chi connectivity index (χ3v) is 3.27. The molecule has 0 aromatic heterocycles. The Labute approximate surface area is 123 Å². The number of amides is 1. The first-order chi connectivity index (χ1) is 9.61. The molecule has 0 radical (unpaired) electrons. The highest BCUT2D eigenvalue weighted by Crippen LogP contribution is 2.22. The average Bonchev–Trinajstić information content (AvgIpc) is 2.44. The number of hydrogen-bond acceptors (Lipinski definition) is 2. The molecule has 4 heteroatoms. The van der Waals surface area contributed by atoms with Crippen LogP contribution in [0.5, 0.6) is 5.75 Å². The van der Waals surface area contributed by atoms with Crippen molar-refractivity contribution in [1.82, 2.24) is 0 Å². The van der Waals surface area contributed by atoms with E-state index in [1.165, 1.54) is 0 Å². The van der Waals surface area contributed by atoms with Gasteiger partial charge in [0.15, 0.2) is 0 Å². The first-order valence-corrected chi connectivity index (χ1v) is 6.90. The monoisotopic (exact) mass is 289 g/mol. The zero-order chi connectivity index (χ0) is 14.5. The summed E-state index contributed by atoms with van der Waals surface area (Å²) < 4.78 is 0. The smallest absolute Gasteiger partial charge is 0.259 e. The number of phenolic OH excluding ortho intramolecular Hbond substituents is 1. The number of nitrogens with one attached hydrogen (secondary N) is 1. The standard InChI is InChI=1S/C16H16ClNO2/c1-11-3-2-4-14(15(11)19)16(20)18-13-7-5-12(6-8-13)9-10-17/h2-8,19H,9-10H2,1H3,(H,18,20). The van der Waals surface area contributed by atoms with E-state index in [0.717, 1.165) is 12.0 Å². The van der Waals surface area contributed by atoms with Gasteiger partial charge in [-0.25, -0.2) is 0 Å². The molecule has 20 heavy (non-hydrogen) atoms. The van der Waals surface area contributed by atoms with E-state index in [9.17, 15) is 9.90 Å². The molecule has 0 fully saturated rings. The lowest BCUT2D eigenvalue weighted by Crippen LogP contribution is -2.12. The molecular weight excluding hydrogens is 274 g/mol. The van der Waals surface area contributed by atoms with Crippen LogP contribution in [0, 0.1) is 6.92 Å². The van der Waals surface area contributed by atoms with E-state index in [0.29, 0.717) is 17.1 Å². The molecule has 2 N–H and O–H groups in total. The highest BCUT2D eigenvalue weighted by molar-refractivity contribution is 6.18. The van der Waals surface area contributed by atoms with Crippen LogP contribution >= 0.6 is 11.6 Å². The maximum Gasteiger partial charge on any atom is 0.259 e. The highest BCUT2D eigenvalue weighted by atomic mass is 35.5. The summed E-state index contributed by atoms with van der Waals surface area (Å²) in [5.74, 6) is 0.267. The summed E-state index contributed by atoms with van der Waals surface area (Å²) in [6.45, 7) is 1.76. The van der Waals surface area contributed by atoms with Gasteiger partial charge in [-0.05, 0) is 42.7 Å². The quantitative estimate of drug-likeness (QED) is 0.843. The van der Waals surface area contributed by atoms with E-state index < -0.39 is 0 Å². The van der Waals surface area contributed by atoms with Crippen molar-refractivity contribution in [2.75, 3.05) is 11.2 Å². The molecule has 0 saturated heterocycles. The van der Waals surface area contributed by atoms with Gasteiger partial charge in [-0.1, -0.05) is 24.3 Å². The van der Waals surface area contributed by atoms with Gasteiger partial charge in [-0.15, -0.1) is 11.6 Å². The lowest BCUT2D eigenvalue weighted by atomic mass is 10.1. The third-order valence-electron chi connectivity index (χ3n) is 3.08. The fraction of sp³-hybridized carbons (Fsp3) is 0.188. The molecule has 0 aliphatic carbocycles. The van der Waals surface area contributed by atoms with Gasteiger partial charge in [0.2, 0.25) is 0 Å². The predicted molar refractivity (Wildman–Crippen MR) is 81.7 cm³/mol. The Morgan fingerprint density at radius 1 is 1.20 bits per heavy atom. The van der Waals surface area contributed by atoms with Gasteiger partial charge in [0.1, 0.15) is 5.75 Å². The zero-order valence-electron chi connectivity index (χ0n) is 11.2. The minimum atomic E-state index is -0.323. The second-order valence-electron chi connectivity index (χ2n) is 4.56. The van der Waals surface area contributed by atoms with E-state index in [2.05, 4.69) is 5.32 Å². The number of rotatable bonds is 4. The summed E-state index contributed by atoms with van der Waals surface area (Å²) in [7, 11) is 0. The number of carbonyl (C=O) groups excluding carboxylic acids is 1. The van der Waals surface area contributed by atoms with Crippen LogP contribution < -0.4 is 5.32 Å². The van der Waals surface area contributed by atoms with Crippen LogP contribution in [0.1, 0.15) is 21.5 Å². The van der Waals surface area contributed by atoms with Gasteiger partial charge in [0, 0.05) is 11.6 Å². The van der Waals surface area contributed by atoms with E-state index >= 15 is 0 Å². The molecular formula is C16H16ClNO2. The van der Waals surface area contributed by atoms with Crippen molar-refractivity contribution in [3.05, 3.63) is 59.2 Å². The Kier molecular flexibility index (Phi) is 4.64. The first-order valence-electron chi connectivity index (χ1n) is 6.36. The minimum Gasteiger partial charge on any atom is -0.507 e. The molecule has 0 aliphatic heterocycles. The number of aryl methyl sites for hydroxylation is 2. The maximum atomic E-state index is 12.1. The third kappa shape index (κ3) is 3.31. The fourth-order valence-electron chi connectivity index (χ4n) is 1.90. The maximum absolute atomic E-state index is 12.1. The van der Waals surface area contributed by atoms with Gasteiger partial charge < -0.3 is 10.4 Å². The number of para-hydroxylation sites is 1. The van der Waals surface area contributed by atoms with Crippen molar-refractivity contribution in [3.63, 3.8) is 0 Å². The lowest BCUT2D eigenvalue weighted by molar-refractivity contribution is 0.102. The summed E-state index contributed by atoms with van der Waals surface area (Å²) in [4.78, 5) is 12.1. The topological polar surface area (TPSA) is 49.3 Å². The summed E-state index contributed by atoms with van der Waals surface area (Å²) in [6.07, 6.45) is 0.800. The Morgan fingerprint density at radius 3 is 2.55 bits per heavy atom. The summed E-state index contributed by atoms with van der Waals surface area (Å²) in [5, 5.41) is 12.6. The largest absolute Gasteiger partial charge is 0.507 e. The molecule has 2 aromatic carbocycles. The highest BCUT2D eigenvalue weighted by Gasteiger charge is 2.12. The second-order valence-corrected chi connectivity index (χ2v) is 4.94. The van der Waals surface area contributed by atoms with Crippen molar-refractivity contribution in [3.8, 4) is 5.75 Å². The average molecular weight is 290 g/mol. The van der Waals surface area contributed by atoms with Crippen LogP contribution in [0.3, 0.4) is 0 Å². The molecule has 0 bridgehead atoms. The van der Waals surface area contributed by atoms with E-state index in [-0.39, 0.29) is 17.2 Å². The lowest BCUT2D eigenvalue weighted by Gasteiger charge is -2.09. The van der Waals surface area contributed by atoms with E-state index in [4.69, 9.17) is 11.6 Å². The molecule has 1 amide bonds. The number of phenols is 1. The number of anilines is 1. The van der Waals surface area contributed by atoms with E-state index in [1.807, 2.05) is 24.3 Å². The van der Waals surface area contributed by atoms with Crippen LogP contribution in [0.2, 0.25) is 0 Å². The van der Waals surface area contributed by atoms with Crippen molar-refractivity contribution < 1.29 is 9.90 Å². The number of aromatic hydroxyl groups is 1. The van der Waals surface area contributed by atoms with Gasteiger partial charge in [0.05, 0.1) is 5.56 Å². The SMILES string of the molecule is Cc1cccc(C(=O)Nc2ccc(CCCl)cc2)c1O. The molecule has 3 nitrogen and oxygen atoms in total. The molecule has 0 aliphatic rings. The van der Waals surface area contributed by atoms with Crippen molar-refractivity contribution in [2.45, 2.75) is 13.3 Å². The Balaban J connectivity index is 2.13. The number of carbonyl (C=O) groups is 1. The van der Waals surface area contributed by atoms with Crippen LogP contribution in [0.25, 0.3) is 0 Å². The second kappa shape index (κ2) is 6.44. The van der Waals surface area contributed by atoms with Gasteiger partial charge >= 0.3 is 0 Å². The Hall–Kier alpha value is -2.00. The van der Waals surface area contributed by atoms with Crippen LogP contribution in [0.15, 0.2) is 42.5 Å². The fourth-order valence-corrected chi connectivity index (χ4v) is 2.12. The van der Waals surface area contributed by atoms with Crippen molar-refractivity contribution in [2.24, 2.45) is 0 Å².